The molecule has 1 unspecified atom stereocenters. The van der Waals surface area contributed by atoms with E-state index in [0.29, 0.717) is 23.6 Å². The summed E-state index contributed by atoms with van der Waals surface area (Å²) in [4.78, 5) is 30.2. The van der Waals surface area contributed by atoms with Gasteiger partial charge >= 0.3 is 0 Å². The third kappa shape index (κ3) is 5.48. The first-order valence-electron chi connectivity index (χ1n) is 9.81. The molecule has 4 rings (SSSR count). The van der Waals surface area contributed by atoms with Gasteiger partial charge in [0.15, 0.2) is 0 Å². The molecule has 0 saturated carbocycles. The average Bonchev–Trinajstić information content (AvgIpc) is 3.21. The summed E-state index contributed by atoms with van der Waals surface area (Å²) < 4.78 is 1.07. The molecule has 156 valence electrons. The first-order valence-corrected chi connectivity index (χ1v) is 11.0. The lowest BCUT2D eigenvalue weighted by Crippen LogP contribution is -2.47. The van der Waals surface area contributed by atoms with Crippen LogP contribution in [0.5, 0.6) is 0 Å². The van der Waals surface area contributed by atoms with Crippen molar-refractivity contribution in [2.45, 2.75) is 19.0 Å². The smallest absolute Gasteiger partial charge is 0.251 e. The zero-order valence-electron chi connectivity index (χ0n) is 16.5. The molecule has 7 heteroatoms. The van der Waals surface area contributed by atoms with Crippen LogP contribution in [0, 0.1) is 0 Å². The lowest BCUT2D eigenvalue weighted by molar-refractivity contribution is -0.123. The molecule has 0 bridgehead atoms. The number of para-hydroxylation sites is 1. The van der Waals surface area contributed by atoms with Crippen LogP contribution < -0.4 is 10.6 Å². The monoisotopic (exact) mass is 449 g/mol. The van der Waals surface area contributed by atoms with Gasteiger partial charge in [-0.1, -0.05) is 54.1 Å². The van der Waals surface area contributed by atoms with E-state index in [1.807, 2.05) is 54.6 Å². The van der Waals surface area contributed by atoms with Crippen molar-refractivity contribution in [2.75, 3.05) is 0 Å². The van der Waals surface area contributed by atoms with Gasteiger partial charge in [0, 0.05) is 17.0 Å². The molecule has 0 aliphatic carbocycles. The fourth-order valence-corrected chi connectivity index (χ4v) is 4.22. The summed E-state index contributed by atoms with van der Waals surface area (Å²) in [5, 5.41) is 7.14. The highest BCUT2D eigenvalue weighted by atomic mass is 35.5. The summed E-state index contributed by atoms with van der Waals surface area (Å²) in [6, 6.07) is 23.3. The number of aromatic nitrogens is 1. The lowest BCUT2D eigenvalue weighted by Gasteiger charge is -2.18. The standard InChI is InChI=1S/C24H20ClN3O2S/c25-18-12-10-17(11-13-18)23(29)28-20(14-16-6-2-1-3-7-16)24(30)26-15-22-27-19-8-4-5-9-21(19)31-22/h1-13,20H,14-15H2,(H,26,30)(H,28,29). The molecule has 1 atom stereocenters. The Morgan fingerprint density at radius 3 is 2.39 bits per heavy atom. The van der Waals surface area contributed by atoms with E-state index in [4.69, 9.17) is 11.6 Å². The average molecular weight is 450 g/mol. The Morgan fingerprint density at radius 2 is 1.65 bits per heavy atom. The van der Waals surface area contributed by atoms with Gasteiger partial charge in [0.05, 0.1) is 16.8 Å². The molecule has 2 amide bonds. The number of hydrogen-bond acceptors (Lipinski definition) is 4. The molecular formula is C24H20ClN3O2S. The minimum Gasteiger partial charge on any atom is -0.348 e. The van der Waals surface area contributed by atoms with Crippen molar-refractivity contribution in [3.05, 3.63) is 100 Å². The van der Waals surface area contributed by atoms with Crippen molar-refractivity contribution in [2.24, 2.45) is 0 Å². The molecule has 1 aromatic heterocycles. The van der Waals surface area contributed by atoms with Crippen molar-refractivity contribution < 1.29 is 9.59 Å². The third-order valence-corrected chi connectivity index (χ3v) is 6.05. The van der Waals surface area contributed by atoms with Gasteiger partial charge in [-0.05, 0) is 42.0 Å². The third-order valence-electron chi connectivity index (χ3n) is 4.76. The molecule has 0 saturated heterocycles. The van der Waals surface area contributed by atoms with E-state index in [9.17, 15) is 9.59 Å². The SMILES string of the molecule is O=C(NC(Cc1ccccc1)C(=O)NCc1nc2ccccc2s1)c1ccc(Cl)cc1. The Hall–Kier alpha value is -3.22. The van der Waals surface area contributed by atoms with Crippen LogP contribution in [-0.4, -0.2) is 22.8 Å². The molecule has 0 fully saturated rings. The van der Waals surface area contributed by atoms with Gasteiger partial charge in [0.2, 0.25) is 5.91 Å². The van der Waals surface area contributed by atoms with Gasteiger partial charge in [0.25, 0.3) is 5.91 Å². The van der Waals surface area contributed by atoms with Crippen molar-refractivity contribution in [1.29, 1.82) is 0 Å². The molecular weight excluding hydrogens is 430 g/mol. The van der Waals surface area contributed by atoms with Crippen LogP contribution in [-0.2, 0) is 17.8 Å². The van der Waals surface area contributed by atoms with Gasteiger partial charge in [-0.15, -0.1) is 11.3 Å². The first kappa shape index (κ1) is 21.0. The van der Waals surface area contributed by atoms with Crippen LogP contribution >= 0.6 is 22.9 Å². The Kier molecular flexibility index (Phi) is 6.60. The zero-order chi connectivity index (χ0) is 21.6. The minimum absolute atomic E-state index is 0.259. The fraction of sp³-hybridized carbons (Fsp3) is 0.125. The van der Waals surface area contributed by atoms with Gasteiger partial charge in [0.1, 0.15) is 11.0 Å². The Balaban J connectivity index is 1.47. The predicted octanol–water partition coefficient (Wildman–Crippen LogP) is 4.61. The highest BCUT2D eigenvalue weighted by Crippen LogP contribution is 2.21. The number of rotatable bonds is 7. The number of nitrogens with zero attached hydrogens (tertiary/aromatic N) is 1. The molecule has 1 heterocycles. The van der Waals surface area contributed by atoms with Crippen LogP contribution in [0.3, 0.4) is 0 Å². The molecule has 5 nitrogen and oxygen atoms in total. The quantitative estimate of drug-likeness (QED) is 0.433. The number of thiazole rings is 1. The second kappa shape index (κ2) is 9.73. The van der Waals surface area contributed by atoms with Gasteiger partial charge in [-0.2, -0.15) is 0 Å². The van der Waals surface area contributed by atoms with Crippen molar-refractivity contribution in [1.82, 2.24) is 15.6 Å². The maximum Gasteiger partial charge on any atom is 0.251 e. The molecule has 31 heavy (non-hydrogen) atoms. The summed E-state index contributed by atoms with van der Waals surface area (Å²) in [7, 11) is 0. The number of benzene rings is 3. The summed E-state index contributed by atoms with van der Waals surface area (Å²) in [5.74, 6) is -0.585. The number of carbonyl (C=O) groups is 2. The summed E-state index contributed by atoms with van der Waals surface area (Å²) in [6.45, 7) is 0.306. The molecule has 2 N–H and O–H groups in total. The topological polar surface area (TPSA) is 71.1 Å². The van der Waals surface area contributed by atoms with Crippen LogP contribution in [0.15, 0.2) is 78.9 Å². The molecule has 0 spiro atoms. The first-order chi connectivity index (χ1) is 15.1. The number of amides is 2. The van der Waals surface area contributed by atoms with Gasteiger partial charge < -0.3 is 10.6 Å². The normalized spacial score (nSPS) is 11.8. The van der Waals surface area contributed by atoms with Crippen LogP contribution in [0.25, 0.3) is 10.2 Å². The highest BCUT2D eigenvalue weighted by molar-refractivity contribution is 7.18. The predicted molar refractivity (Wildman–Crippen MR) is 124 cm³/mol. The largest absolute Gasteiger partial charge is 0.348 e. The molecule has 3 aromatic carbocycles. The van der Waals surface area contributed by atoms with E-state index in [1.54, 1.807) is 35.6 Å². The summed E-state index contributed by atoms with van der Waals surface area (Å²) in [6.07, 6.45) is 0.381. The van der Waals surface area contributed by atoms with Crippen LogP contribution in [0.2, 0.25) is 5.02 Å². The molecule has 0 aliphatic heterocycles. The minimum atomic E-state index is -0.722. The Bertz CT molecular complexity index is 1160. The van der Waals surface area contributed by atoms with Gasteiger partial charge in [-0.25, -0.2) is 4.98 Å². The van der Waals surface area contributed by atoms with Crippen molar-refractivity contribution in [3.8, 4) is 0 Å². The van der Waals surface area contributed by atoms with E-state index in [-0.39, 0.29) is 11.8 Å². The Labute approximate surface area is 189 Å². The fourth-order valence-electron chi connectivity index (χ4n) is 3.18. The summed E-state index contributed by atoms with van der Waals surface area (Å²) in [5.41, 5.74) is 2.31. The van der Waals surface area contributed by atoms with E-state index in [1.165, 1.54) is 0 Å². The van der Waals surface area contributed by atoms with Crippen LogP contribution in [0.4, 0.5) is 0 Å². The van der Waals surface area contributed by atoms with E-state index >= 15 is 0 Å². The molecule has 4 aromatic rings. The maximum atomic E-state index is 13.0. The number of fused-ring (bicyclic) bond motifs is 1. The zero-order valence-corrected chi connectivity index (χ0v) is 18.1. The number of hydrogen-bond donors (Lipinski definition) is 2. The molecule has 0 aliphatic rings. The maximum absolute atomic E-state index is 13.0. The van der Waals surface area contributed by atoms with Gasteiger partial charge in [-0.3, -0.25) is 9.59 Å². The van der Waals surface area contributed by atoms with Crippen molar-refractivity contribution >= 4 is 45.0 Å². The highest BCUT2D eigenvalue weighted by Gasteiger charge is 2.22. The van der Waals surface area contributed by atoms with Crippen LogP contribution in [0.1, 0.15) is 20.9 Å². The molecule has 0 radical (unpaired) electrons. The number of halogens is 1. The van der Waals surface area contributed by atoms with Crippen molar-refractivity contribution in [3.63, 3.8) is 0 Å². The van der Waals surface area contributed by atoms with E-state index in [2.05, 4.69) is 15.6 Å². The number of nitrogens with one attached hydrogen (secondary N) is 2. The lowest BCUT2D eigenvalue weighted by atomic mass is 10.0. The second-order valence-electron chi connectivity index (χ2n) is 7.02. The van der Waals surface area contributed by atoms with E-state index < -0.39 is 6.04 Å². The Morgan fingerprint density at radius 1 is 0.935 bits per heavy atom. The van der Waals surface area contributed by atoms with E-state index in [0.717, 1.165) is 20.8 Å². The second-order valence-corrected chi connectivity index (χ2v) is 8.57. The number of carbonyl (C=O) groups excluding carboxylic acids is 2. The summed E-state index contributed by atoms with van der Waals surface area (Å²) >= 11 is 7.45.